The molecule has 1 saturated heterocycles. The summed E-state index contributed by atoms with van der Waals surface area (Å²) in [6.07, 6.45) is 3.02. The minimum Gasteiger partial charge on any atom is -0.452 e. The van der Waals surface area contributed by atoms with Gasteiger partial charge >= 0.3 is 5.97 Å². The molecule has 3 rings (SSSR count). The van der Waals surface area contributed by atoms with Crippen LogP contribution < -0.4 is 5.32 Å². The first kappa shape index (κ1) is 20.1. The van der Waals surface area contributed by atoms with Gasteiger partial charge in [-0.25, -0.2) is 4.79 Å². The van der Waals surface area contributed by atoms with Gasteiger partial charge in [0.25, 0.3) is 11.8 Å². The van der Waals surface area contributed by atoms with Crippen LogP contribution in [0.4, 0.5) is 5.69 Å². The SMILES string of the molecule is CC1CCCC(C)N1C(=O)COC(=O)c1ccccc1NC(=O)c1ccsc1. The summed E-state index contributed by atoms with van der Waals surface area (Å²) >= 11 is 1.42. The van der Waals surface area contributed by atoms with Crippen LogP contribution in [0, 0.1) is 0 Å². The Morgan fingerprint density at radius 1 is 1.14 bits per heavy atom. The predicted molar refractivity (Wildman–Crippen MR) is 109 cm³/mol. The number of para-hydroxylation sites is 1. The molecule has 0 saturated carbocycles. The van der Waals surface area contributed by atoms with Gasteiger partial charge in [-0.15, -0.1) is 0 Å². The second-order valence-electron chi connectivity index (χ2n) is 7.02. The van der Waals surface area contributed by atoms with E-state index in [2.05, 4.69) is 5.32 Å². The van der Waals surface area contributed by atoms with Gasteiger partial charge in [0, 0.05) is 17.5 Å². The monoisotopic (exact) mass is 400 g/mol. The third-order valence-corrected chi connectivity index (χ3v) is 5.67. The van der Waals surface area contributed by atoms with Crippen LogP contribution in [0.25, 0.3) is 0 Å². The van der Waals surface area contributed by atoms with Crippen molar-refractivity contribution in [1.82, 2.24) is 4.90 Å². The second-order valence-corrected chi connectivity index (χ2v) is 7.80. The molecule has 0 spiro atoms. The Morgan fingerprint density at radius 3 is 2.54 bits per heavy atom. The molecule has 7 heteroatoms. The molecule has 0 bridgehead atoms. The number of amides is 2. The zero-order chi connectivity index (χ0) is 20.1. The fraction of sp³-hybridized carbons (Fsp3) is 0.381. The van der Waals surface area contributed by atoms with Crippen LogP contribution >= 0.6 is 11.3 Å². The highest BCUT2D eigenvalue weighted by Gasteiger charge is 2.29. The highest BCUT2D eigenvalue weighted by Crippen LogP contribution is 2.23. The molecule has 1 aromatic carbocycles. The lowest BCUT2D eigenvalue weighted by atomic mass is 9.97. The highest BCUT2D eigenvalue weighted by atomic mass is 32.1. The normalized spacial score (nSPS) is 19.1. The maximum atomic E-state index is 12.6. The Hall–Kier alpha value is -2.67. The minimum absolute atomic E-state index is 0.145. The molecule has 2 heterocycles. The summed E-state index contributed by atoms with van der Waals surface area (Å²) in [6.45, 7) is 3.73. The molecule has 0 radical (unpaired) electrons. The number of hydrogen-bond donors (Lipinski definition) is 1. The molecular weight excluding hydrogens is 376 g/mol. The Balaban J connectivity index is 1.64. The van der Waals surface area contributed by atoms with Gasteiger partial charge in [-0.1, -0.05) is 12.1 Å². The summed E-state index contributed by atoms with van der Waals surface area (Å²) in [5.74, 6) is -1.12. The van der Waals surface area contributed by atoms with E-state index in [0.717, 1.165) is 19.3 Å². The number of thiophene rings is 1. The third-order valence-electron chi connectivity index (χ3n) is 4.99. The zero-order valence-corrected chi connectivity index (χ0v) is 16.8. The maximum Gasteiger partial charge on any atom is 0.340 e. The molecule has 2 atom stereocenters. The van der Waals surface area contributed by atoms with Crippen LogP contribution in [-0.2, 0) is 9.53 Å². The molecule has 1 N–H and O–H groups in total. The Labute approximate surface area is 168 Å². The molecule has 1 fully saturated rings. The van der Waals surface area contributed by atoms with Crippen molar-refractivity contribution in [3.8, 4) is 0 Å². The van der Waals surface area contributed by atoms with Crippen molar-refractivity contribution < 1.29 is 19.1 Å². The van der Waals surface area contributed by atoms with Gasteiger partial charge in [0.1, 0.15) is 0 Å². The molecule has 6 nitrogen and oxygen atoms in total. The van der Waals surface area contributed by atoms with Crippen molar-refractivity contribution in [3.63, 3.8) is 0 Å². The number of hydrogen-bond acceptors (Lipinski definition) is 5. The average Bonchev–Trinajstić information content (AvgIpc) is 3.21. The van der Waals surface area contributed by atoms with Gasteiger partial charge in [-0.05, 0) is 56.7 Å². The van der Waals surface area contributed by atoms with Crippen LogP contribution in [0.15, 0.2) is 41.1 Å². The largest absolute Gasteiger partial charge is 0.452 e. The number of nitrogens with zero attached hydrogens (tertiary/aromatic N) is 1. The van der Waals surface area contributed by atoms with Gasteiger partial charge in [0.2, 0.25) is 0 Å². The summed E-state index contributed by atoms with van der Waals surface area (Å²) in [5.41, 5.74) is 1.10. The number of likely N-dealkylation sites (tertiary alicyclic amines) is 1. The number of piperidine rings is 1. The van der Waals surface area contributed by atoms with Crippen LogP contribution in [0.1, 0.15) is 53.8 Å². The first-order valence-corrected chi connectivity index (χ1v) is 10.3. The van der Waals surface area contributed by atoms with E-state index in [1.807, 2.05) is 19.2 Å². The lowest BCUT2D eigenvalue weighted by Gasteiger charge is -2.38. The predicted octanol–water partition coefficient (Wildman–Crippen LogP) is 3.95. The van der Waals surface area contributed by atoms with E-state index < -0.39 is 5.97 Å². The molecule has 1 aliphatic heterocycles. The zero-order valence-electron chi connectivity index (χ0n) is 16.0. The second kappa shape index (κ2) is 9.01. The summed E-state index contributed by atoms with van der Waals surface area (Å²) in [4.78, 5) is 39.2. The van der Waals surface area contributed by atoms with Gasteiger partial charge in [-0.3, -0.25) is 9.59 Å². The van der Waals surface area contributed by atoms with Crippen LogP contribution in [-0.4, -0.2) is 41.4 Å². The fourth-order valence-corrected chi connectivity index (χ4v) is 4.19. The first-order chi connectivity index (χ1) is 13.5. The fourth-order valence-electron chi connectivity index (χ4n) is 3.55. The highest BCUT2D eigenvalue weighted by molar-refractivity contribution is 7.08. The number of benzene rings is 1. The number of rotatable bonds is 5. The number of esters is 1. The van der Waals surface area contributed by atoms with Crippen molar-refractivity contribution in [2.24, 2.45) is 0 Å². The van der Waals surface area contributed by atoms with Crippen molar-refractivity contribution in [2.75, 3.05) is 11.9 Å². The lowest BCUT2D eigenvalue weighted by molar-refractivity contribution is -0.140. The van der Waals surface area contributed by atoms with E-state index in [1.54, 1.807) is 40.6 Å². The van der Waals surface area contributed by atoms with Crippen LogP contribution in [0.2, 0.25) is 0 Å². The summed E-state index contributed by atoms with van der Waals surface area (Å²) in [6, 6.07) is 8.62. The average molecular weight is 401 g/mol. The lowest BCUT2D eigenvalue weighted by Crippen LogP contribution is -2.49. The van der Waals surface area contributed by atoms with Crippen LogP contribution in [0.5, 0.6) is 0 Å². The van der Waals surface area contributed by atoms with Gasteiger partial charge in [-0.2, -0.15) is 11.3 Å². The van der Waals surface area contributed by atoms with Crippen LogP contribution in [0.3, 0.4) is 0 Å². The van der Waals surface area contributed by atoms with E-state index >= 15 is 0 Å². The van der Waals surface area contributed by atoms with Crippen molar-refractivity contribution in [1.29, 1.82) is 0 Å². The quantitative estimate of drug-likeness (QED) is 0.771. The first-order valence-electron chi connectivity index (χ1n) is 9.38. The minimum atomic E-state index is -0.633. The standard InChI is InChI=1S/C21H24N2O4S/c1-14-6-5-7-15(2)23(14)19(24)12-27-21(26)17-8-3-4-9-18(17)22-20(25)16-10-11-28-13-16/h3-4,8-11,13-15H,5-7,12H2,1-2H3,(H,22,25). The number of carbonyl (C=O) groups excluding carboxylic acids is 3. The molecule has 148 valence electrons. The van der Waals surface area contributed by atoms with E-state index in [4.69, 9.17) is 4.74 Å². The van der Waals surface area contributed by atoms with Gasteiger partial charge in [0.05, 0.1) is 16.8 Å². The topological polar surface area (TPSA) is 75.7 Å². The van der Waals surface area contributed by atoms with Crippen molar-refractivity contribution in [3.05, 3.63) is 52.2 Å². The van der Waals surface area contributed by atoms with E-state index in [1.165, 1.54) is 11.3 Å². The maximum absolute atomic E-state index is 12.6. The number of carbonyl (C=O) groups is 3. The number of nitrogens with one attached hydrogen (secondary N) is 1. The van der Waals surface area contributed by atoms with E-state index in [0.29, 0.717) is 11.3 Å². The summed E-state index contributed by atoms with van der Waals surface area (Å²) < 4.78 is 5.27. The smallest absolute Gasteiger partial charge is 0.340 e. The molecule has 1 aliphatic rings. The van der Waals surface area contributed by atoms with Gasteiger partial charge < -0.3 is 15.0 Å². The van der Waals surface area contributed by atoms with E-state index in [-0.39, 0.29) is 36.1 Å². The molecule has 2 unspecified atom stereocenters. The molecule has 0 aliphatic carbocycles. The van der Waals surface area contributed by atoms with E-state index in [9.17, 15) is 14.4 Å². The third kappa shape index (κ3) is 4.59. The van der Waals surface area contributed by atoms with Crippen molar-refractivity contribution >= 4 is 34.8 Å². The molecule has 2 amide bonds. The van der Waals surface area contributed by atoms with Gasteiger partial charge in [0.15, 0.2) is 6.61 Å². The Kier molecular flexibility index (Phi) is 6.46. The number of ether oxygens (including phenoxy) is 1. The van der Waals surface area contributed by atoms with Crippen molar-refractivity contribution in [2.45, 2.75) is 45.2 Å². The molecule has 1 aromatic heterocycles. The Morgan fingerprint density at radius 2 is 1.86 bits per heavy atom. The molecule has 2 aromatic rings. The number of anilines is 1. The molecule has 28 heavy (non-hydrogen) atoms. The summed E-state index contributed by atoms with van der Waals surface area (Å²) in [7, 11) is 0. The molecular formula is C21H24N2O4S. The Bertz CT molecular complexity index is 840. The summed E-state index contributed by atoms with van der Waals surface area (Å²) in [5, 5.41) is 6.27.